The summed E-state index contributed by atoms with van der Waals surface area (Å²) in [5.74, 6) is 1.18. The van der Waals surface area contributed by atoms with E-state index in [1.54, 1.807) is 12.1 Å². The summed E-state index contributed by atoms with van der Waals surface area (Å²) in [4.78, 5) is 34.2. The molecule has 1 amide bonds. The first-order chi connectivity index (χ1) is 14.0. The fourth-order valence-electron chi connectivity index (χ4n) is 2.63. The molecule has 0 saturated heterocycles. The largest absolute Gasteiger partial charge is 0.494 e. The number of Topliss-reactive ketones (excluding diaryl/α,β-unsaturated/α-hetero) is 1. The number of aromatic nitrogens is 2. The Labute approximate surface area is 176 Å². The van der Waals surface area contributed by atoms with Crippen LogP contribution in [-0.4, -0.2) is 45.7 Å². The van der Waals surface area contributed by atoms with Crippen molar-refractivity contribution < 1.29 is 19.4 Å². The van der Waals surface area contributed by atoms with Crippen LogP contribution >= 0.6 is 23.1 Å². The number of amides is 1. The molecule has 0 saturated carbocycles. The minimum absolute atomic E-state index is 0.00915. The van der Waals surface area contributed by atoms with Crippen molar-refractivity contribution in [1.82, 2.24) is 15.3 Å². The zero-order valence-corrected chi connectivity index (χ0v) is 17.7. The van der Waals surface area contributed by atoms with Gasteiger partial charge in [-0.05, 0) is 44.2 Å². The number of aliphatic hydroxyl groups excluding tert-OH is 1. The molecule has 0 atom stereocenters. The standard InChI is InChI=1S/C20H21N3O4S2/c1-3-27-13-4-6-16-15(8-13)20(23-12(2)22-16)28-11-17(25)18-7-5-14(29-18)9-21-19(26)10-24/h4-8,24H,3,9-11H2,1-2H3,(H,21,26). The van der Waals surface area contributed by atoms with E-state index in [2.05, 4.69) is 15.3 Å². The average Bonchev–Trinajstić information content (AvgIpc) is 3.19. The number of ether oxygens (including phenoxy) is 1. The van der Waals surface area contributed by atoms with Crippen LogP contribution in [-0.2, 0) is 11.3 Å². The van der Waals surface area contributed by atoms with E-state index in [9.17, 15) is 9.59 Å². The number of aryl methyl sites for hydroxylation is 1. The second kappa shape index (κ2) is 9.82. The van der Waals surface area contributed by atoms with Crippen LogP contribution in [0.2, 0.25) is 0 Å². The van der Waals surface area contributed by atoms with E-state index in [1.165, 1.54) is 23.1 Å². The third-order valence-corrected chi connectivity index (χ3v) is 6.05. The molecular weight excluding hydrogens is 410 g/mol. The number of thioether (sulfide) groups is 1. The van der Waals surface area contributed by atoms with Gasteiger partial charge in [-0.25, -0.2) is 9.97 Å². The second-order valence-corrected chi connectivity index (χ2v) is 8.23. The predicted molar refractivity (Wildman–Crippen MR) is 114 cm³/mol. The van der Waals surface area contributed by atoms with Crippen LogP contribution in [0.5, 0.6) is 5.75 Å². The monoisotopic (exact) mass is 431 g/mol. The first kappa shape index (κ1) is 21.2. The van der Waals surface area contributed by atoms with Gasteiger partial charge in [0.1, 0.15) is 23.2 Å². The summed E-state index contributed by atoms with van der Waals surface area (Å²) >= 11 is 2.71. The van der Waals surface area contributed by atoms with Crippen molar-refractivity contribution in [1.29, 1.82) is 0 Å². The topological polar surface area (TPSA) is 101 Å². The Morgan fingerprint density at radius 1 is 1.24 bits per heavy atom. The molecule has 9 heteroatoms. The Balaban J connectivity index is 1.71. The van der Waals surface area contributed by atoms with Crippen molar-refractivity contribution >= 4 is 45.7 Å². The molecule has 0 unspecified atom stereocenters. The van der Waals surface area contributed by atoms with Crippen molar-refractivity contribution in [3.63, 3.8) is 0 Å². The van der Waals surface area contributed by atoms with Gasteiger partial charge in [-0.15, -0.1) is 11.3 Å². The Kier molecular flexibility index (Phi) is 7.18. The summed E-state index contributed by atoms with van der Waals surface area (Å²) in [6.07, 6.45) is 0. The summed E-state index contributed by atoms with van der Waals surface area (Å²) in [5, 5.41) is 12.9. The van der Waals surface area contributed by atoms with Gasteiger partial charge in [-0.3, -0.25) is 9.59 Å². The number of aliphatic hydroxyl groups is 1. The first-order valence-corrected chi connectivity index (χ1v) is 10.8. The van der Waals surface area contributed by atoms with E-state index in [0.717, 1.165) is 26.6 Å². The molecule has 29 heavy (non-hydrogen) atoms. The number of benzene rings is 1. The number of ketones is 1. The van der Waals surface area contributed by atoms with Gasteiger partial charge >= 0.3 is 0 Å². The quantitative estimate of drug-likeness (QED) is 0.305. The van der Waals surface area contributed by atoms with Gasteiger partial charge in [-0.2, -0.15) is 0 Å². The molecule has 2 heterocycles. The number of hydrogen-bond acceptors (Lipinski definition) is 8. The molecule has 152 valence electrons. The highest BCUT2D eigenvalue weighted by atomic mass is 32.2. The van der Waals surface area contributed by atoms with E-state index in [0.29, 0.717) is 23.9 Å². The van der Waals surface area contributed by atoms with Crippen molar-refractivity contribution in [2.75, 3.05) is 19.0 Å². The fraction of sp³-hybridized carbons (Fsp3) is 0.300. The van der Waals surface area contributed by atoms with Crippen LogP contribution in [0, 0.1) is 6.92 Å². The Morgan fingerprint density at radius 3 is 2.83 bits per heavy atom. The number of carbonyl (C=O) groups excluding carboxylic acids is 2. The molecular formula is C20H21N3O4S2. The van der Waals surface area contributed by atoms with Crippen LogP contribution in [0.15, 0.2) is 35.4 Å². The minimum atomic E-state index is -0.550. The van der Waals surface area contributed by atoms with Gasteiger partial charge in [-0.1, -0.05) is 11.8 Å². The summed E-state index contributed by atoms with van der Waals surface area (Å²) in [7, 11) is 0. The molecule has 2 aromatic heterocycles. The van der Waals surface area contributed by atoms with Gasteiger partial charge in [0.2, 0.25) is 5.91 Å². The van der Waals surface area contributed by atoms with Crippen LogP contribution < -0.4 is 10.1 Å². The van der Waals surface area contributed by atoms with Crippen molar-refractivity contribution in [3.8, 4) is 5.75 Å². The third kappa shape index (κ3) is 5.53. The SMILES string of the molecule is CCOc1ccc2nc(C)nc(SCC(=O)c3ccc(CNC(=O)CO)s3)c2c1. The lowest BCUT2D eigenvalue weighted by molar-refractivity contribution is -0.123. The zero-order chi connectivity index (χ0) is 20.8. The normalized spacial score (nSPS) is 10.9. The molecule has 7 nitrogen and oxygen atoms in total. The maximum Gasteiger partial charge on any atom is 0.246 e. The molecule has 0 aliphatic carbocycles. The highest BCUT2D eigenvalue weighted by Gasteiger charge is 2.14. The average molecular weight is 432 g/mol. The molecule has 3 rings (SSSR count). The van der Waals surface area contributed by atoms with E-state index >= 15 is 0 Å². The van der Waals surface area contributed by atoms with Gasteiger partial charge in [0, 0.05) is 10.3 Å². The summed E-state index contributed by atoms with van der Waals surface area (Å²) in [6.45, 7) is 4.06. The zero-order valence-electron chi connectivity index (χ0n) is 16.1. The van der Waals surface area contributed by atoms with Crippen LogP contribution in [0.25, 0.3) is 10.9 Å². The number of hydrogen-bond donors (Lipinski definition) is 2. The number of fused-ring (bicyclic) bond motifs is 1. The van der Waals surface area contributed by atoms with Gasteiger partial charge in [0.05, 0.1) is 29.3 Å². The van der Waals surface area contributed by atoms with Crippen LogP contribution in [0.3, 0.4) is 0 Å². The second-order valence-electron chi connectivity index (χ2n) is 6.10. The van der Waals surface area contributed by atoms with Crippen LogP contribution in [0.4, 0.5) is 0 Å². The van der Waals surface area contributed by atoms with Gasteiger partial charge in [0.15, 0.2) is 5.78 Å². The van der Waals surface area contributed by atoms with E-state index < -0.39 is 12.5 Å². The maximum absolute atomic E-state index is 12.6. The molecule has 2 N–H and O–H groups in total. The number of thiophene rings is 1. The van der Waals surface area contributed by atoms with Crippen molar-refractivity contribution in [2.24, 2.45) is 0 Å². The highest BCUT2D eigenvalue weighted by Crippen LogP contribution is 2.29. The summed E-state index contributed by atoms with van der Waals surface area (Å²) < 4.78 is 5.57. The molecule has 1 aromatic carbocycles. The van der Waals surface area contributed by atoms with E-state index in [-0.39, 0.29) is 11.5 Å². The number of carbonyl (C=O) groups is 2. The van der Waals surface area contributed by atoms with Gasteiger partial charge < -0.3 is 15.2 Å². The molecule has 0 bridgehead atoms. The number of nitrogens with one attached hydrogen (secondary N) is 1. The van der Waals surface area contributed by atoms with Crippen LogP contribution in [0.1, 0.15) is 27.3 Å². The Morgan fingerprint density at radius 2 is 2.07 bits per heavy atom. The minimum Gasteiger partial charge on any atom is -0.494 e. The summed E-state index contributed by atoms with van der Waals surface area (Å²) in [5.41, 5.74) is 0.814. The lowest BCUT2D eigenvalue weighted by Gasteiger charge is -2.08. The Hall–Kier alpha value is -2.49. The molecule has 0 aliphatic rings. The highest BCUT2D eigenvalue weighted by molar-refractivity contribution is 8.00. The number of rotatable bonds is 9. The Bertz CT molecular complexity index is 1040. The molecule has 0 spiro atoms. The maximum atomic E-state index is 12.6. The molecule has 0 aliphatic heterocycles. The van der Waals surface area contributed by atoms with E-state index in [1.807, 2.05) is 32.0 Å². The third-order valence-electron chi connectivity index (χ3n) is 3.93. The summed E-state index contributed by atoms with van der Waals surface area (Å²) in [6, 6.07) is 9.23. The molecule has 0 fully saturated rings. The van der Waals surface area contributed by atoms with Crippen molar-refractivity contribution in [3.05, 3.63) is 45.9 Å². The molecule has 0 radical (unpaired) electrons. The molecule has 3 aromatic rings. The lowest BCUT2D eigenvalue weighted by atomic mass is 10.2. The predicted octanol–water partition coefficient (Wildman–Crippen LogP) is 2.98. The van der Waals surface area contributed by atoms with E-state index in [4.69, 9.17) is 9.84 Å². The smallest absolute Gasteiger partial charge is 0.246 e. The first-order valence-electron chi connectivity index (χ1n) is 9.03. The lowest BCUT2D eigenvalue weighted by Crippen LogP contribution is -2.25. The van der Waals surface area contributed by atoms with Gasteiger partial charge in [0.25, 0.3) is 0 Å². The van der Waals surface area contributed by atoms with Crippen molar-refractivity contribution in [2.45, 2.75) is 25.4 Å². The fourth-order valence-corrected chi connectivity index (χ4v) is 4.54. The number of nitrogens with zero attached hydrogens (tertiary/aromatic N) is 2.